The normalized spacial score (nSPS) is 12.5. The molecule has 2 heteroatoms. The van der Waals surface area contributed by atoms with E-state index in [4.69, 9.17) is 4.74 Å². The van der Waals surface area contributed by atoms with Gasteiger partial charge in [-0.15, -0.1) is 0 Å². The van der Waals surface area contributed by atoms with Gasteiger partial charge < -0.3 is 4.74 Å². The molecule has 26 heavy (non-hydrogen) atoms. The first-order valence-corrected chi connectivity index (χ1v) is 10.1. The molecule has 1 aromatic carbocycles. The highest BCUT2D eigenvalue weighted by Gasteiger charge is 2.19. The molecule has 0 amide bonds. The number of carbonyl (C=O) groups is 1. The molecule has 0 aliphatic heterocycles. The van der Waals surface area contributed by atoms with Crippen LogP contribution in [-0.2, 0) is 4.79 Å². The first-order valence-electron chi connectivity index (χ1n) is 10.1. The quantitative estimate of drug-likeness (QED) is 0.170. The van der Waals surface area contributed by atoms with Crippen molar-refractivity contribution in [3.63, 3.8) is 0 Å². The van der Waals surface area contributed by atoms with Crippen LogP contribution in [0, 0.1) is 5.92 Å². The molecule has 0 radical (unpaired) electrons. The van der Waals surface area contributed by atoms with Gasteiger partial charge in [0, 0.05) is 0 Å². The highest BCUT2D eigenvalue weighted by molar-refractivity contribution is 5.75. The zero-order valence-corrected chi connectivity index (χ0v) is 17.1. The Bertz CT molecular complexity index is 565. The molecule has 0 aliphatic rings. The van der Waals surface area contributed by atoms with Crippen molar-refractivity contribution in [3.8, 4) is 5.75 Å². The second-order valence-corrected chi connectivity index (χ2v) is 7.39. The highest BCUT2D eigenvalue weighted by Crippen LogP contribution is 2.21. The zero-order valence-electron chi connectivity index (χ0n) is 17.1. The predicted molar refractivity (Wildman–Crippen MR) is 111 cm³/mol. The first-order chi connectivity index (χ1) is 12.5. The number of unbranched alkanes of at least 4 members (excludes halogenated alkanes) is 3. The van der Waals surface area contributed by atoms with E-state index in [-0.39, 0.29) is 11.9 Å². The van der Waals surface area contributed by atoms with Crippen molar-refractivity contribution in [3.05, 3.63) is 53.6 Å². The lowest BCUT2D eigenvalue weighted by molar-refractivity contribution is -0.139. The van der Waals surface area contributed by atoms with Gasteiger partial charge in [-0.3, -0.25) is 4.79 Å². The maximum atomic E-state index is 12.6. The molecule has 1 unspecified atom stereocenters. The Morgan fingerprint density at radius 3 is 2.42 bits per heavy atom. The SMILES string of the molecule is CCCCCCC(CC=C(C)CCC=C(C)C)C(=O)Oc1ccccc1. The fraction of sp³-hybridized carbons (Fsp3) is 0.542. The summed E-state index contributed by atoms with van der Waals surface area (Å²) in [6.07, 6.45) is 13.0. The van der Waals surface area contributed by atoms with Crippen molar-refractivity contribution in [2.24, 2.45) is 5.92 Å². The summed E-state index contributed by atoms with van der Waals surface area (Å²) >= 11 is 0. The minimum Gasteiger partial charge on any atom is -0.426 e. The molecule has 0 aliphatic carbocycles. The van der Waals surface area contributed by atoms with Gasteiger partial charge in [-0.2, -0.15) is 0 Å². The Labute approximate surface area is 160 Å². The second-order valence-electron chi connectivity index (χ2n) is 7.39. The van der Waals surface area contributed by atoms with Gasteiger partial charge in [0.2, 0.25) is 0 Å². The lowest BCUT2D eigenvalue weighted by Gasteiger charge is -2.15. The van der Waals surface area contributed by atoms with Crippen LogP contribution in [0.2, 0.25) is 0 Å². The summed E-state index contributed by atoms with van der Waals surface area (Å²) in [6, 6.07) is 9.40. The van der Waals surface area contributed by atoms with Gasteiger partial charge >= 0.3 is 5.97 Å². The van der Waals surface area contributed by atoms with E-state index in [1.54, 1.807) is 0 Å². The summed E-state index contributed by atoms with van der Waals surface area (Å²) in [4.78, 5) is 12.6. The van der Waals surface area contributed by atoms with Crippen LogP contribution in [0.25, 0.3) is 0 Å². The fourth-order valence-electron chi connectivity index (χ4n) is 2.87. The average molecular weight is 357 g/mol. The minimum absolute atomic E-state index is 0.0505. The Balaban J connectivity index is 2.61. The Morgan fingerprint density at radius 2 is 1.77 bits per heavy atom. The Hall–Kier alpha value is -1.83. The minimum atomic E-state index is -0.0963. The van der Waals surface area contributed by atoms with Crippen LogP contribution < -0.4 is 4.74 Å². The number of hydrogen-bond acceptors (Lipinski definition) is 2. The van der Waals surface area contributed by atoms with Crippen molar-refractivity contribution in [2.75, 3.05) is 0 Å². The Morgan fingerprint density at radius 1 is 1.04 bits per heavy atom. The molecule has 0 saturated carbocycles. The third-order valence-corrected chi connectivity index (χ3v) is 4.54. The second kappa shape index (κ2) is 13.4. The molecule has 0 bridgehead atoms. The molecule has 2 nitrogen and oxygen atoms in total. The van der Waals surface area contributed by atoms with E-state index in [0.717, 1.165) is 32.1 Å². The summed E-state index contributed by atoms with van der Waals surface area (Å²) in [5.74, 6) is 0.492. The van der Waals surface area contributed by atoms with Gasteiger partial charge in [0.25, 0.3) is 0 Å². The van der Waals surface area contributed by atoms with Gasteiger partial charge in [-0.1, -0.05) is 74.1 Å². The summed E-state index contributed by atoms with van der Waals surface area (Å²) < 4.78 is 5.60. The fourth-order valence-corrected chi connectivity index (χ4v) is 2.87. The van der Waals surface area contributed by atoms with Crippen molar-refractivity contribution in [1.29, 1.82) is 0 Å². The van der Waals surface area contributed by atoms with Gasteiger partial charge in [0.15, 0.2) is 0 Å². The third kappa shape index (κ3) is 10.2. The number of allylic oxidation sites excluding steroid dienone is 4. The molecule has 144 valence electrons. The van der Waals surface area contributed by atoms with E-state index in [0.29, 0.717) is 5.75 Å². The molecule has 0 aromatic heterocycles. The predicted octanol–water partition coefficient (Wildman–Crippen LogP) is 7.26. The van der Waals surface area contributed by atoms with E-state index in [9.17, 15) is 4.79 Å². The number of para-hydroxylation sites is 1. The maximum Gasteiger partial charge on any atom is 0.314 e. The van der Waals surface area contributed by atoms with Crippen molar-refractivity contribution < 1.29 is 9.53 Å². The summed E-state index contributed by atoms with van der Waals surface area (Å²) in [7, 11) is 0. The van der Waals surface area contributed by atoms with Crippen LogP contribution >= 0.6 is 0 Å². The number of ether oxygens (including phenoxy) is 1. The van der Waals surface area contributed by atoms with E-state index < -0.39 is 0 Å². The number of carbonyl (C=O) groups excluding carboxylic acids is 1. The average Bonchev–Trinajstić information content (AvgIpc) is 2.61. The molecule has 0 spiro atoms. The van der Waals surface area contributed by atoms with Crippen LogP contribution in [-0.4, -0.2) is 5.97 Å². The van der Waals surface area contributed by atoms with Crippen LogP contribution in [0.4, 0.5) is 0 Å². The molecule has 0 fully saturated rings. The Kier molecular flexibility index (Phi) is 11.4. The molecular weight excluding hydrogens is 320 g/mol. The van der Waals surface area contributed by atoms with E-state index in [2.05, 4.69) is 39.8 Å². The molecule has 1 rings (SSSR count). The van der Waals surface area contributed by atoms with Gasteiger partial charge in [-0.05, 0) is 58.6 Å². The van der Waals surface area contributed by atoms with Crippen molar-refractivity contribution in [1.82, 2.24) is 0 Å². The van der Waals surface area contributed by atoms with E-state index in [1.807, 2.05) is 30.3 Å². The molecule has 0 heterocycles. The first kappa shape index (κ1) is 22.2. The topological polar surface area (TPSA) is 26.3 Å². The van der Waals surface area contributed by atoms with Crippen LogP contribution in [0.3, 0.4) is 0 Å². The van der Waals surface area contributed by atoms with E-state index in [1.165, 1.54) is 30.4 Å². The molecule has 0 N–H and O–H groups in total. The standard InChI is InChI=1S/C24H36O2/c1-5-6-7-9-15-22(19-18-21(4)14-12-13-20(2)3)24(25)26-23-16-10-8-11-17-23/h8,10-11,13,16-18,22H,5-7,9,12,14-15,19H2,1-4H3. The largest absolute Gasteiger partial charge is 0.426 e. The van der Waals surface area contributed by atoms with Crippen LogP contribution in [0.15, 0.2) is 53.6 Å². The summed E-state index contributed by atoms with van der Waals surface area (Å²) in [5, 5.41) is 0. The lowest BCUT2D eigenvalue weighted by atomic mass is 9.95. The summed E-state index contributed by atoms with van der Waals surface area (Å²) in [5.41, 5.74) is 2.71. The highest BCUT2D eigenvalue weighted by atomic mass is 16.5. The monoisotopic (exact) mass is 356 g/mol. The van der Waals surface area contributed by atoms with Crippen molar-refractivity contribution >= 4 is 5.97 Å². The molecule has 1 aromatic rings. The lowest BCUT2D eigenvalue weighted by Crippen LogP contribution is -2.20. The zero-order chi connectivity index (χ0) is 19.2. The smallest absolute Gasteiger partial charge is 0.314 e. The number of rotatable bonds is 12. The third-order valence-electron chi connectivity index (χ3n) is 4.54. The van der Waals surface area contributed by atoms with Gasteiger partial charge in [0.1, 0.15) is 5.75 Å². The maximum absolute atomic E-state index is 12.6. The van der Waals surface area contributed by atoms with Crippen LogP contribution in [0.5, 0.6) is 5.75 Å². The van der Waals surface area contributed by atoms with E-state index >= 15 is 0 Å². The number of benzene rings is 1. The number of hydrogen-bond donors (Lipinski definition) is 0. The number of esters is 1. The molecular formula is C24H36O2. The van der Waals surface area contributed by atoms with Gasteiger partial charge in [-0.25, -0.2) is 0 Å². The van der Waals surface area contributed by atoms with Crippen molar-refractivity contribution in [2.45, 2.75) is 79.1 Å². The molecule has 1 atom stereocenters. The van der Waals surface area contributed by atoms with Gasteiger partial charge in [0.05, 0.1) is 5.92 Å². The molecule has 0 saturated heterocycles. The summed E-state index contributed by atoms with van der Waals surface area (Å²) in [6.45, 7) is 8.63. The van der Waals surface area contributed by atoms with Crippen LogP contribution in [0.1, 0.15) is 79.1 Å².